The highest BCUT2D eigenvalue weighted by molar-refractivity contribution is 7.48. The van der Waals surface area contributed by atoms with Crippen LogP contribution in [0.5, 0.6) is 11.5 Å². The van der Waals surface area contributed by atoms with Gasteiger partial charge in [0.05, 0.1) is 24.9 Å². The van der Waals surface area contributed by atoms with E-state index in [-0.39, 0.29) is 75.1 Å². The van der Waals surface area contributed by atoms with Gasteiger partial charge in [0, 0.05) is 61.4 Å². The number of rotatable bonds is 20. The number of ether oxygens (including phenoxy) is 4. The lowest BCUT2D eigenvalue weighted by Gasteiger charge is -2.53. The molecule has 5 aliphatic heterocycles. The number of carboxylic acid groups (broad SMARTS) is 1. The third kappa shape index (κ3) is 17.3. The van der Waals surface area contributed by atoms with E-state index < -0.39 is 19.4 Å². The van der Waals surface area contributed by atoms with E-state index >= 15 is 0 Å². The molecule has 6 aromatic carbocycles. The second kappa shape index (κ2) is 32.8. The van der Waals surface area contributed by atoms with Gasteiger partial charge < -0.3 is 43.4 Å². The minimum absolute atomic E-state index is 0. The number of phosphoric acid groups is 1. The molecule has 540 valence electrons. The third-order valence-electron chi connectivity index (χ3n) is 21.2. The number of epoxide rings is 2. The van der Waals surface area contributed by atoms with Crippen molar-refractivity contribution in [1.82, 2.24) is 5.06 Å². The molecule has 5 heterocycles. The maximum Gasteiger partial charge on any atom is 0.584 e. The number of piperidine rings is 2. The second-order valence-corrected chi connectivity index (χ2v) is 31.6. The molecule has 6 aromatic rings. The minimum atomic E-state index is -4.75. The summed E-state index contributed by atoms with van der Waals surface area (Å²) in [6.45, 7) is 41.5. The molecule has 4 N–H and O–H groups in total. The van der Waals surface area contributed by atoms with E-state index in [2.05, 4.69) is 169 Å². The Hall–Kier alpha value is -6.22. The molecule has 13 nitrogen and oxygen atoms in total. The maximum absolute atomic E-state index is 14.7. The first kappa shape index (κ1) is 80.1. The van der Waals surface area contributed by atoms with Gasteiger partial charge in [-0.25, -0.2) is 9.36 Å². The predicted molar refractivity (Wildman–Crippen MR) is 408 cm³/mol. The first-order valence-corrected chi connectivity index (χ1v) is 36.8. The van der Waals surface area contributed by atoms with E-state index in [1.54, 1.807) is 38.4 Å². The van der Waals surface area contributed by atoms with E-state index in [0.29, 0.717) is 41.8 Å². The number of allylic oxidation sites excluding steroid dienone is 4. The molecule has 0 unspecified atom stereocenters. The normalized spacial score (nSPS) is 23.8. The number of aliphatic hydroxyl groups is 1. The van der Waals surface area contributed by atoms with Crippen LogP contribution in [-0.4, -0.2) is 99.9 Å². The van der Waals surface area contributed by atoms with Gasteiger partial charge in [-0.05, 0) is 196 Å². The van der Waals surface area contributed by atoms with Crippen molar-refractivity contribution in [3.05, 3.63) is 167 Å². The molecule has 4 bridgehead atoms. The lowest BCUT2D eigenvalue weighted by Crippen LogP contribution is -2.56. The number of benzene rings is 6. The van der Waals surface area contributed by atoms with Gasteiger partial charge in [0.25, 0.3) is 0 Å². The van der Waals surface area contributed by atoms with Gasteiger partial charge >= 0.3 is 13.8 Å². The van der Waals surface area contributed by atoms with Crippen LogP contribution in [0.4, 0.5) is 0 Å². The van der Waals surface area contributed by atoms with Crippen molar-refractivity contribution in [2.45, 2.75) is 254 Å². The summed E-state index contributed by atoms with van der Waals surface area (Å²) in [5.74, 6) is 3.21. The Morgan fingerprint density at radius 1 is 0.586 bits per heavy atom. The maximum atomic E-state index is 14.7. The summed E-state index contributed by atoms with van der Waals surface area (Å²) in [7, 11) is -1.46. The third-order valence-corrected chi connectivity index (χ3v) is 22.1. The Morgan fingerprint density at radius 2 is 0.949 bits per heavy atom. The van der Waals surface area contributed by atoms with Crippen LogP contribution in [0.25, 0.3) is 54.9 Å². The Balaban J connectivity index is 0.000000250. The van der Waals surface area contributed by atoms with Gasteiger partial charge in [-0.1, -0.05) is 208 Å². The number of nitrogens with zero attached hydrogens (tertiary/aromatic N) is 1. The summed E-state index contributed by atoms with van der Waals surface area (Å²) in [6, 6.07) is 31.4. The van der Waals surface area contributed by atoms with E-state index in [9.17, 15) is 19.5 Å². The Morgan fingerprint density at radius 3 is 1.25 bits per heavy atom. The summed E-state index contributed by atoms with van der Waals surface area (Å²) in [5.41, 5.74) is 13.4. The fourth-order valence-corrected chi connectivity index (χ4v) is 16.2. The molecule has 2 saturated carbocycles. The summed E-state index contributed by atoms with van der Waals surface area (Å²) >= 11 is 0. The van der Waals surface area contributed by atoms with Crippen molar-refractivity contribution in [3.63, 3.8) is 0 Å². The standard InChI is InChI=1S/C50H57O4P.C12H18O4.C12H20O3.C9H15NO.2CH4/c1-27(2)35-23-39(29(5)6)45(40(24-35)30(7)8)43-21-33-17-13-15-19-37(33)47-48-38-20-16-14-18-34(38)22-44(50(48)54-55(51,52)53-49(43)47)46-41(31(9)10)25-36(28(3)4)26-42(46)32(11)12;1-5-6-8(2)9(15-4)7-10-12(3,16-10)11(13)14;1-5-6-9(2)10(14-4)7-11-12(3,8-13)15-11;11-10-8-2-6-1-7(4-8)5-9(10)3-6;;/h13-32H,1-12H3,(H,51,52);5-6,9-10H,1,7H2,2-4H3,(H,13,14);5-6,10-11,13H,1,7-8H2,2-4H3;6-9,11H,1-5H2;2*1H4/b;8-6+;9-6+;;;/t;9-,10+,12-;10-,11+,12+;;;/m.11.../s1. The molecule has 0 amide bonds. The molecule has 0 spiro atoms. The molecule has 14 heteroatoms. The Labute approximate surface area is 593 Å². The molecule has 0 aromatic heterocycles. The highest BCUT2D eigenvalue weighted by Crippen LogP contribution is 2.63. The molecule has 4 saturated heterocycles. The zero-order valence-electron chi connectivity index (χ0n) is 61.0. The molecular weight excluding hydrogens is 1260 g/mol. The second-order valence-electron chi connectivity index (χ2n) is 30.3. The largest absolute Gasteiger partial charge is 0.584 e. The SMILES string of the molecule is C.C.C=C/C=C(\C)[C@@H](C[C@@H]1O[C@@]1(C)C(=O)O)OC.C=C/C=C(\C)[C@@H](C[C@@H]1O[C@@]1(C)CO)OC.CC(C)c1cc(C(C)C)c(-c2cc3ccccc3c3c2OP(=O)(O)Oc2c(-c4c(C(C)C)cc(C(C)C)cc4C(C)C)cc4ccccc4c2-3)c(C(C)C)c1.ON1C2CC3CC(C2)CC1C3. The lowest BCUT2D eigenvalue weighted by atomic mass is 9.64. The molecule has 13 rings (SSSR count). The zero-order chi connectivity index (χ0) is 70.9. The van der Waals surface area contributed by atoms with Gasteiger partial charge in [0.1, 0.15) is 23.2 Å². The van der Waals surface area contributed by atoms with Gasteiger partial charge in [-0.3, -0.25) is 4.89 Å². The molecule has 99 heavy (non-hydrogen) atoms. The number of hydrogen-bond donors (Lipinski definition) is 4. The molecule has 0 radical (unpaired) electrons. The van der Waals surface area contributed by atoms with Gasteiger partial charge in [0.2, 0.25) is 0 Å². The van der Waals surface area contributed by atoms with Crippen LogP contribution in [0.2, 0.25) is 0 Å². The zero-order valence-corrected chi connectivity index (χ0v) is 61.9. The molecular formula is C85H118NO12P. The molecule has 2 aliphatic carbocycles. The van der Waals surface area contributed by atoms with Crippen LogP contribution < -0.4 is 9.05 Å². The quantitative estimate of drug-likeness (QED) is 0.0322. The van der Waals surface area contributed by atoms with Gasteiger partial charge in [-0.15, -0.1) is 0 Å². The number of hydrogen-bond acceptors (Lipinski definition) is 11. The number of hydroxylamine groups is 2. The Bertz CT molecular complexity index is 3710. The molecule has 6 fully saturated rings. The van der Waals surface area contributed by atoms with Crippen LogP contribution in [0, 0.1) is 11.8 Å². The van der Waals surface area contributed by atoms with E-state index in [1.807, 2.05) is 45.1 Å². The van der Waals surface area contributed by atoms with Crippen molar-refractivity contribution >= 4 is 35.3 Å². The van der Waals surface area contributed by atoms with Gasteiger partial charge in [0.15, 0.2) is 5.60 Å². The summed E-state index contributed by atoms with van der Waals surface area (Å²) < 4.78 is 49.0. The van der Waals surface area contributed by atoms with E-state index in [4.69, 9.17) is 38.2 Å². The highest BCUT2D eigenvalue weighted by atomic mass is 31.2. The monoisotopic (exact) mass is 1380 g/mol. The highest BCUT2D eigenvalue weighted by Gasteiger charge is 2.59. The van der Waals surface area contributed by atoms with Gasteiger partial charge in [-0.2, -0.15) is 5.06 Å². The lowest BCUT2D eigenvalue weighted by molar-refractivity contribution is -0.229. The van der Waals surface area contributed by atoms with Crippen LogP contribution in [0.3, 0.4) is 0 Å². The average molecular weight is 1380 g/mol. The van der Waals surface area contributed by atoms with Crippen molar-refractivity contribution < 1.29 is 57.7 Å². The summed E-state index contributed by atoms with van der Waals surface area (Å²) in [6.07, 6.45) is 14.8. The number of phosphoric ester groups is 1. The fourth-order valence-electron chi connectivity index (χ4n) is 15.4. The van der Waals surface area contributed by atoms with Crippen LogP contribution in [0.15, 0.2) is 134 Å². The van der Waals surface area contributed by atoms with E-state index in [0.717, 1.165) is 84.3 Å². The van der Waals surface area contributed by atoms with E-state index in [1.165, 1.54) is 65.5 Å². The van der Waals surface area contributed by atoms with Crippen LogP contribution in [-0.2, 0) is 28.3 Å². The van der Waals surface area contributed by atoms with Crippen molar-refractivity contribution in [1.29, 1.82) is 0 Å². The van der Waals surface area contributed by atoms with Crippen molar-refractivity contribution in [3.8, 4) is 44.9 Å². The number of fused-ring (bicyclic) bond motifs is 7. The number of aliphatic hydroxyl groups excluding tert-OH is 1. The van der Waals surface area contributed by atoms with Crippen LogP contribution in [0.1, 0.15) is 239 Å². The smallest absolute Gasteiger partial charge is 0.479 e. The minimum Gasteiger partial charge on any atom is -0.479 e. The first-order valence-electron chi connectivity index (χ1n) is 35.3. The van der Waals surface area contributed by atoms with Crippen molar-refractivity contribution in [2.75, 3.05) is 20.8 Å². The number of carboxylic acids is 1. The summed E-state index contributed by atoms with van der Waals surface area (Å²) in [5, 5.41) is 33.2. The van der Waals surface area contributed by atoms with Crippen molar-refractivity contribution in [2.24, 2.45) is 11.8 Å². The molecule has 7 aliphatic rings. The average Bonchev–Trinajstić information content (AvgIpc) is 1.70. The topological polar surface area (TPSA) is 180 Å². The molecule has 6 atom stereocenters. The summed E-state index contributed by atoms with van der Waals surface area (Å²) in [4.78, 5) is 22.9. The predicted octanol–water partition coefficient (Wildman–Crippen LogP) is 22.0. The number of methoxy groups -OCH3 is 2. The fraction of sp³-hybridized carbons (Fsp3) is 0.518. The number of carbonyl (C=O) groups is 1. The Kier molecular flexibility index (Phi) is 26.6. The first-order chi connectivity index (χ1) is 45.8. The number of aliphatic carboxylic acids is 1. The van der Waals surface area contributed by atoms with Crippen LogP contribution >= 0.6 is 7.82 Å².